The van der Waals surface area contributed by atoms with E-state index in [2.05, 4.69) is 10.3 Å². The molecular formula is C10H18N4O2. The Morgan fingerprint density at radius 3 is 2.69 bits per heavy atom. The monoisotopic (exact) mass is 226 g/mol. The smallest absolute Gasteiger partial charge is 0.323 e. The molecule has 0 amide bonds. The van der Waals surface area contributed by atoms with E-state index in [0.717, 1.165) is 0 Å². The fraction of sp³-hybridized carbons (Fsp3) is 0.700. The number of esters is 1. The van der Waals surface area contributed by atoms with Crippen LogP contribution in [0.15, 0.2) is 6.20 Å². The Kier molecular flexibility index (Phi) is 3.64. The van der Waals surface area contributed by atoms with Crippen LogP contribution in [0.4, 0.5) is 0 Å². The molecule has 1 aromatic rings. The first kappa shape index (κ1) is 12.6. The molecule has 0 radical (unpaired) electrons. The molecule has 1 rings (SSSR count). The summed E-state index contributed by atoms with van der Waals surface area (Å²) in [5, 5.41) is 7.62. The van der Waals surface area contributed by atoms with Gasteiger partial charge in [0, 0.05) is 19.7 Å². The third-order valence-corrected chi connectivity index (χ3v) is 1.79. The molecule has 1 heterocycles. The highest BCUT2D eigenvalue weighted by atomic mass is 16.6. The summed E-state index contributed by atoms with van der Waals surface area (Å²) in [6.45, 7) is 5.42. The third kappa shape index (κ3) is 3.98. The molecule has 90 valence electrons. The lowest BCUT2D eigenvalue weighted by atomic mass is 10.1. The molecule has 6 heteroatoms. The van der Waals surface area contributed by atoms with Crippen molar-refractivity contribution in [3.05, 3.63) is 11.9 Å². The molecule has 1 aromatic heterocycles. The Hall–Kier alpha value is -1.43. The van der Waals surface area contributed by atoms with Gasteiger partial charge >= 0.3 is 5.97 Å². The van der Waals surface area contributed by atoms with Gasteiger partial charge in [0.05, 0.1) is 5.69 Å². The second-order valence-corrected chi connectivity index (χ2v) is 4.73. The minimum atomic E-state index is -0.698. The van der Waals surface area contributed by atoms with Crippen molar-refractivity contribution in [2.75, 3.05) is 0 Å². The van der Waals surface area contributed by atoms with Crippen molar-refractivity contribution in [1.29, 1.82) is 0 Å². The van der Waals surface area contributed by atoms with Crippen molar-refractivity contribution in [1.82, 2.24) is 15.0 Å². The quantitative estimate of drug-likeness (QED) is 0.735. The molecule has 0 aliphatic carbocycles. The summed E-state index contributed by atoms with van der Waals surface area (Å²) in [5.74, 6) is -0.418. The largest absolute Gasteiger partial charge is 0.459 e. The Morgan fingerprint density at radius 2 is 2.25 bits per heavy atom. The summed E-state index contributed by atoms with van der Waals surface area (Å²) in [4.78, 5) is 11.6. The van der Waals surface area contributed by atoms with Crippen molar-refractivity contribution < 1.29 is 9.53 Å². The normalized spacial score (nSPS) is 13.6. The van der Waals surface area contributed by atoms with E-state index in [1.54, 1.807) is 38.7 Å². The van der Waals surface area contributed by atoms with E-state index in [4.69, 9.17) is 10.5 Å². The van der Waals surface area contributed by atoms with Crippen LogP contribution in [0.25, 0.3) is 0 Å². The number of nitrogens with zero attached hydrogens (tertiary/aromatic N) is 3. The number of rotatable bonds is 3. The van der Waals surface area contributed by atoms with Gasteiger partial charge in [-0.25, -0.2) is 0 Å². The molecule has 0 fully saturated rings. The van der Waals surface area contributed by atoms with Crippen LogP contribution in [-0.4, -0.2) is 32.6 Å². The number of aryl methyl sites for hydroxylation is 1. The predicted molar refractivity (Wildman–Crippen MR) is 58.5 cm³/mol. The van der Waals surface area contributed by atoms with Crippen molar-refractivity contribution in [3.63, 3.8) is 0 Å². The maximum absolute atomic E-state index is 11.6. The lowest BCUT2D eigenvalue weighted by Gasteiger charge is -2.21. The summed E-state index contributed by atoms with van der Waals surface area (Å²) in [6.07, 6.45) is 2.06. The van der Waals surface area contributed by atoms with Crippen LogP contribution in [0.2, 0.25) is 0 Å². The molecule has 1 unspecified atom stereocenters. The minimum absolute atomic E-state index is 0.336. The molecule has 0 spiro atoms. The number of carbonyl (C=O) groups excluding carboxylic acids is 1. The molecule has 0 aliphatic rings. The van der Waals surface area contributed by atoms with Crippen LogP contribution in [0.3, 0.4) is 0 Å². The van der Waals surface area contributed by atoms with E-state index >= 15 is 0 Å². The molecule has 16 heavy (non-hydrogen) atoms. The second kappa shape index (κ2) is 4.61. The SMILES string of the molecule is Cn1cc(CC(N)C(=O)OC(C)(C)C)nn1. The molecule has 6 nitrogen and oxygen atoms in total. The zero-order valence-electron chi connectivity index (χ0n) is 10.1. The van der Waals surface area contributed by atoms with Crippen LogP contribution >= 0.6 is 0 Å². The fourth-order valence-corrected chi connectivity index (χ4v) is 1.17. The van der Waals surface area contributed by atoms with Crippen LogP contribution in [0.1, 0.15) is 26.5 Å². The van der Waals surface area contributed by atoms with Crippen molar-refractivity contribution in [2.24, 2.45) is 12.8 Å². The topological polar surface area (TPSA) is 83.0 Å². The molecular weight excluding hydrogens is 208 g/mol. The number of carbonyl (C=O) groups is 1. The van der Waals surface area contributed by atoms with Gasteiger partial charge in [-0.15, -0.1) is 5.10 Å². The average molecular weight is 226 g/mol. The van der Waals surface area contributed by atoms with E-state index in [1.165, 1.54) is 0 Å². The van der Waals surface area contributed by atoms with Gasteiger partial charge in [-0.1, -0.05) is 5.21 Å². The average Bonchev–Trinajstić information content (AvgIpc) is 2.48. The van der Waals surface area contributed by atoms with Gasteiger partial charge in [-0.3, -0.25) is 9.48 Å². The van der Waals surface area contributed by atoms with Gasteiger partial charge < -0.3 is 10.5 Å². The molecule has 2 N–H and O–H groups in total. The van der Waals surface area contributed by atoms with Crippen LogP contribution in [-0.2, 0) is 23.0 Å². The van der Waals surface area contributed by atoms with Crippen LogP contribution in [0, 0.1) is 0 Å². The number of ether oxygens (including phenoxy) is 1. The maximum atomic E-state index is 11.6. The maximum Gasteiger partial charge on any atom is 0.323 e. The summed E-state index contributed by atoms with van der Waals surface area (Å²) >= 11 is 0. The lowest BCUT2D eigenvalue weighted by molar-refractivity contribution is -0.156. The summed E-state index contributed by atoms with van der Waals surface area (Å²) in [6, 6.07) is -0.698. The van der Waals surface area contributed by atoms with E-state index in [0.29, 0.717) is 12.1 Å². The van der Waals surface area contributed by atoms with Gasteiger partial charge in [-0.2, -0.15) is 0 Å². The predicted octanol–water partition coefficient (Wildman–Crippen LogP) is 0.0266. The first-order valence-corrected chi connectivity index (χ1v) is 5.11. The number of aromatic nitrogens is 3. The fourth-order valence-electron chi connectivity index (χ4n) is 1.17. The first-order chi connectivity index (χ1) is 7.28. The summed E-state index contributed by atoms with van der Waals surface area (Å²) < 4.78 is 6.73. The number of hydrogen-bond acceptors (Lipinski definition) is 5. The van der Waals surface area contributed by atoms with Gasteiger partial charge in [0.2, 0.25) is 0 Å². The van der Waals surface area contributed by atoms with E-state index in [1.807, 2.05) is 0 Å². The molecule has 0 aromatic carbocycles. The second-order valence-electron chi connectivity index (χ2n) is 4.73. The van der Waals surface area contributed by atoms with Crippen LogP contribution in [0.5, 0.6) is 0 Å². The Labute approximate surface area is 94.8 Å². The van der Waals surface area contributed by atoms with Gasteiger partial charge in [0.25, 0.3) is 0 Å². The number of hydrogen-bond donors (Lipinski definition) is 1. The molecule has 0 bridgehead atoms. The van der Waals surface area contributed by atoms with Crippen molar-refractivity contribution in [3.8, 4) is 0 Å². The van der Waals surface area contributed by atoms with E-state index in [-0.39, 0.29) is 0 Å². The third-order valence-electron chi connectivity index (χ3n) is 1.79. The van der Waals surface area contributed by atoms with E-state index in [9.17, 15) is 4.79 Å². The number of nitrogens with two attached hydrogens (primary N) is 1. The summed E-state index contributed by atoms with van der Waals surface area (Å²) in [5.41, 5.74) is 5.88. The highest BCUT2D eigenvalue weighted by Crippen LogP contribution is 2.09. The standard InChI is InChI=1S/C10H18N4O2/c1-10(2,3)16-9(15)8(11)5-7-6-14(4)13-12-7/h6,8H,5,11H2,1-4H3. The Morgan fingerprint density at radius 1 is 1.62 bits per heavy atom. The Balaban J connectivity index is 2.52. The molecule has 0 saturated heterocycles. The van der Waals surface area contributed by atoms with Gasteiger partial charge in [0.15, 0.2) is 0 Å². The zero-order valence-corrected chi connectivity index (χ0v) is 10.1. The highest BCUT2D eigenvalue weighted by molar-refractivity contribution is 5.76. The van der Waals surface area contributed by atoms with Crippen LogP contribution < -0.4 is 5.73 Å². The van der Waals surface area contributed by atoms with Gasteiger partial charge in [0.1, 0.15) is 11.6 Å². The van der Waals surface area contributed by atoms with Gasteiger partial charge in [-0.05, 0) is 20.8 Å². The molecule has 0 saturated carbocycles. The first-order valence-electron chi connectivity index (χ1n) is 5.11. The zero-order chi connectivity index (χ0) is 12.3. The van der Waals surface area contributed by atoms with Crippen molar-refractivity contribution in [2.45, 2.75) is 38.8 Å². The highest BCUT2D eigenvalue weighted by Gasteiger charge is 2.23. The lowest BCUT2D eigenvalue weighted by Crippen LogP contribution is -2.38. The molecule has 1 atom stereocenters. The molecule has 0 aliphatic heterocycles. The van der Waals surface area contributed by atoms with Crippen molar-refractivity contribution >= 4 is 5.97 Å². The summed E-state index contributed by atoms with van der Waals surface area (Å²) in [7, 11) is 1.76. The van der Waals surface area contributed by atoms with E-state index < -0.39 is 17.6 Å². The minimum Gasteiger partial charge on any atom is -0.459 e. The Bertz CT molecular complexity index is 367.